The molecule has 0 heterocycles. The maximum absolute atomic E-state index is 13.2. The highest BCUT2D eigenvalue weighted by molar-refractivity contribution is 5.92. The van der Waals surface area contributed by atoms with Crippen molar-refractivity contribution in [2.24, 2.45) is 5.92 Å². The lowest BCUT2D eigenvalue weighted by atomic mass is 10.2. The summed E-state index contributed by atoms with van der Waals surface area (Å²) in [5, 5.41) is 2.79. The predicted octanol–water partition coefficient (Wildman–Crippen LogP) is 2.34. The van der Waals surface area contributed by atoms with Gasteiger partial charge in [-0.05, 0) is 24.1 Å². The second-order valence-corrected chi connectivity index (χ2v) is 5.10. The summed E-state index contributed by atoms with van der Waals surface area (Å²) in [4.78, 5) is 24.7. The van der Waals surface area contributed by atoms with Crippen LogP contribution in [0.5, 0.6) is 0 Å². The van der Waals surface area contributed by atoms with Crippen molar-refractivity contribution < 1.29 is 14.0 Å². The number of hydrogen-bond acceptors (Lipinski definition) is 2. The monoisotopic (exact) mass is 280 g/mol. The smallest absolute Gasteiger partial charge is 0.223 e. The Morgan fingerprint density at radius 3 is 2.60 bits per heavy atom. The highest BCUT2D eigenvalue weighted by Crippen LogP contribution is 2.16. The zero-order valence-corrected chi connectivity index (χ0v) is 12.1. The fraction of sp³-hybridized carbons (Fsp3) is 0.467. The van der Waals surface area contributed by atoms with Crippen molar-refractivity contribution in [3.05, 3.63) is 30.1 Å². The lowest BCUT2D eigenvalue weighted by molar-refractivity contribution is -0.121. The largest absolute Gasteiger partial charge is 0.356 e. The van der Waals surface area contributed by atoms with Gasteiger partial charge in [-0.1, -0.05) is 19.9 Å². The molecule has 110 valence electrons. The lowest BCUT2D eigenvalue weighted by Crippen LogP contribution is -2.34. The molecule has 20 heavy (non-hydrogen) atoms. The van der Waals surface area contributed by atoms with Gasteiger partial charge >= 0.3 is 0 Å². The minimum atomic E-state index is -0.405. The molecule has 0 fully saturated rings. The van der Waals surface area contributed by atoms with Gasteiger partial charge in [0.2, 0.25) is 11.8 Å². The summed E-state index contributed by atoms with van der Waals surface area (Å²) in [5.41, 5.74) is 0.467. The summed E-state index contributed by atoms with van der Waals surface area (Å²) in [5.74, 6) is -0.349. The van der Waals surface area contributed by atoms with Crippen molar-refractivity contribution >= 4 is 17.5 Å². The molecular formula is C15H21FN2O2. The van der Waals surface area contributed by atoms with Crippen LogP contribution in [0.25, 0.3) is 0 Å². The molecule has 0 saturated carbocycles. The summed E-state index contributed by atoms with van der Waals surface area (Å²) in [6.45, 7) is 6.27. The van der Waals surface area contributed by atoms with Crippen LogP contribution in [0.1, 0.15) is 27.2 Å². The van der Waals surface area contributed by atoms with Crippen LogP contribution in [-0.2, 0) is 9.59 Å². The number of halogens is 1. The predicted molar refractivity (Wildman–Crippen MR) is 76.9 cm³/mol. The first-order valence-corrected chi connectivity index (χ1v) is 6.70. The molecule has 2 amide bonds. The number of hydrogen-bond donors (Lipinski definition) is 1. The van der Waals surface area contributed by atoms with Crippen molar-refractivity contribution in [3.63, 3.8) is 0 Å². The third-order valence-electron chi connectivity index (χ3n) is 2.77. The van der Waals surface area contributed by atoms with E-state index in [0.717, 1.165) is 0 Å². The summed E-state index contributed by atoms with van der Waals surface area (Å²) in [7, 11) is 0. The van der Waals surface area contributed by atoms with Gasteiger partial charge in [0.1, 0.15) is 5.82 Å². The molecule has 0 aliphatic rings. The summed E-state index contributed by atoms with van der Waals surface area (Å²) >= 11 is 0. The Kier molecular flexibility index (Phi) is 6.15. The highest BCUT2D eigenvalue weighted by atomic mass is 19.1. The molecule has 1 N–H and O–H groups in total. The van der Waals surface area contributed by atoms with E-state index < -0.39 is 5.82 Å². The van der Waals surface area contributed by atoms with Gasteiger partial charge in [0.05, 0.1) is 0 Å². The number of benzene rings is 1. The van der Waals surface area contributed by atoms with Crippen LogP contribution in [0.4, 0.5) is 10.1 Å². The summed E-state index contributed by atoms with van der Waals surface area (Å²) in [6.07, 6.45) is 0.197. The number of nitrogens with one attached hydrogen (secondary N) is 1. The molecule has 0 aliphatic heterocycles. The van der Waals surface area contributed by atoms with E-state index in [9.17, 15) is 14.0 Å². The van der Waals surface area contributed by atoms with E-state index in [4.69, 9.17) is 0 Å². The molecule has 0 aromatic heterocycles. The van der Waals surface area contributed by atoms with Gasteiger partial charge in [0.15, 0.2) is 0 Å². The molecule has 0 aliphatic carbocycles. The van der Waals surface area contributed by atoms with Gasteiger partial charge in [0.25, 0.3) is 0 Å². The fourth-order valence-electron chi connectivity index (χ4n) is 1.73. The number of nitrogens with zero attached hydrogens (tertiary/aromatic N) is 1. The zero-order valence-electron chi connectivity index (χ0n) is 12.1. The van der Waals surface area contributed by atoms with Gasteiger partial charge in [-0.2, -0.15) is 0 Å². The molecule has 4 nitrogen and oxygen atoms in total. The molecule has 0 bridgehead atoms. The third-order valence-corrected chi connectivity index (χ3v) is 2.77. The Morgan fingerprint density at radius 1 is 1.35 bits per heavy atom. The van der Waals surface area contributed by atoms with Crippen molar-refractivity contribution in [1.82, 2.24) is 5.32 Å². The van der Waals surface area contributed by atoms with Crippen LogP contribution in [-0.4, -0.2) is 24.9 Å². The van der Waals surface area contributed by atoms with Crippen LogP contribution < -0.4 is 10.2 Å². The van der Waals surface area contributed by atoms with Crippen LogP contribution in [0, 0.1) is 11.7 Å². The Labute approximate surface area is 119 Å². The second-order valence-electron chi connectivity index (χ2n) is 5.10. The Hall–Kier alpha value is -1.91. The Bertz CT molecular complexity index is 475. The number of carbonyl (C=O) groups excluding carboxylic acids is 2. The van der Waals surface area contributed by atoms with E-state index in [-0.39, 0.29) is 24.8 Å². The maximum Gasteiger partial charge on any atom is 0.223 e. The SMILES string of the molecule is CC(=O)N(CCC(=O)NCC(C)C)c1cccc(F)c1. The average molecular weight is 280 g/mol. The van der Waals surface area contributed by atoms with Crippen molar-refractivity contribution in [2.75, 3.05) is 18.0 Å². The minimum Gasteiger partial charge on any atom is -0.356 e. The van der Waals surface area contributed by atoms with Crippen LogP contribution >= 0.6 is 0 Å². The average Bonchev–Trinajstić information content (AvgIpc) is 2.36. The molecule has 0 atom stereocenters. The maximum atomic E-state index is 13.2. The second kappa shape index (κ2) is 7.62. The molecular weight excluding hydrogens is 259 g/mol. The standard InChI is InChI=1S/C15H21FN2O2/c1-11(2)10-17-15(20)7-8-18(12(3)19)14-6-4-5-13(16)9-14/h4-6,9,11H,7-8,10H2,1-3H3,(H,17,20). The molecule has 0 unspecified atom stereocenters. The number of anilines is 1. The van der Waals surface area contributed by atoms with E-state index in [1.165, 1.54) is 24.0 Å². The van der Waals surface area contributed by atoms with E-state index in [2.05, 4.69) is 5.32 Å². The Morgan fingerprint density at radius 2 is 2.05 bits per heavy atom. The van der Waals surface area contributed by atoms with Crippen LogP contribution in [0.15, 0.2) is 24.3 Å². The molecule has 1 aromatic carbocycles. The van der Waals surface area contributed by atoms with Crippen molar-refractivity contribution in [2.45, 2.75) is 27.2 Å². The first kappa shape index (κ1) is 16.1. The van der Waals surface area contributed by atoms with E-state index in [1.807, 2.05) is 13.8 Å². The van der Waals surface area contributed by atoms with Gasteiger partial charge < -0.3 is 10.2 Å². The van der Waals surface area contributed by atoms with E-state index in [0.29, 0.717) is 18.2 Å². The number of amides is 2. The van der Waals surface area contributed by atoms with Gasteiger partial charge in [-0.25, -0.2) is 4.39 Å². The quantitative estimate of drug-likeness (QED) is 0.869. The molecule has 1 rings (SSSR count). The summed E-state index contributed by atoms with van der Waals surface area (Å²) < 4.78 is 13.2. The van der Waals surface area contributed by atoms with Crippen molar-refractivity contribution in [3.8, 4) is 0 Å². The van der Waals surface area contributed by atoms with Gasteiger partial charge in [-0.3, -0.25) is 9.59 Å². The first-order valence-electron chi connectivity index (χ1n) is 6.70. The van der Waals surface area contributed by atoms with Gasteiger partial charge in [-0.15, -0.1) is 0 Å². The number of rotatable bonds is 6. The van der Waals surface area contributed by atoms with Crippen LogP contribution in [0.2, 0.25) is 0 Å². The topological polar surface area (TPSA) is 49.4 Å². The zero-order chi connectivity index (χ0) is 15.1. The minimum absolute atomic E-state index is 0.110. The van der Waals surface area contributed by atoms with E-state index in [1.54, 1.807) is 12.1 Å². The summed E-state index contributed by atoms with van der Waals surface area (Å²) in [6, 6.07) is 5.79. The van der Waals surface area contributed by atoms with E-state index >= 15 is 0 Å². The Balaban J connectivity index is 2.61. The van der Waals surface area contributed by atoms with Gasteiger partial charge in [0, 0.05) is 32.1 Å². The number of carbonyl (C=O) groups is 2. The third kappa shape index (κ3) is 5.38. The molecule has 5 heteroatoms. The normalized spacial score (nSPS) is 10.4. The van der Waals surface area contributed by atoms with Crippen LogP contribution in [0.3, 0.4) is 0 Å². The highest BCUT2D eigenvalue weighted by Gasteiger charge is 2.14. The molecule has 0 saturated heterocycles. The lowest BCUT2D eigenvalue weighted by Gasteiger charge is -2.21. The van der Waals surface area contributed by atoms with Crippen molar-refractivity contribution in [1.29, 1.82) is 0 Å². The molecule has 0 radical (unpaired) electrons. The first-order chi connectivity index (χ1) is 9.40. The molecule has 0 spiro atoms. The molecule has 1 aromatic rings. The fourth-order valence-corrected chi connectivity index (χ4v) is 1.73.